The fourth-order valence-electron chi connectivity index (χ4n) is 4.80. The first kappa shape index (κ1) is 22.8. The smallest absolute Gasteiger partial charge is 0.261 e. The minimum Gasteiger partial charge on any atom is -0.337 e. The average Bonchev–Trinajstić information content (AvgIpc) is 3.05. The fraction of sp³-hybridized carbons (Fsp3) is 0.480. The van der Waals surface area contributed by atoms with Gasteiger partial charge in [0, 0.05) is 37.4 Å². The van der Waals surface area contributed by atoms with Gasteiger partial charge in [0.05, 0.1) is 4.90 Å². The van der Waals surface area contributed by atoms with Crippen LogP contribution in [0, 0.1) is 5.92 Å². The molecule has 1 heterocycles. The van der Waals surface area contributed by atoms with E-state index in [1.807, 2.05) is 4.90 Å². The number of amides is 1. The highest BCUT2D eigenvalue weighted by molar-refractivity contribution is 7.92. The van der Waals surface area contributed by atoms with Gasteiger partial charge in [0.2, 0.25) is 0 Å². The molecule has 0 aromatic heterocycles. The van der Waals surface area contributed by atoms with Crippen LogP contribution in [0.1, 0.15) is 48.9 Å². The second-order valence-corrected chi connectivity index (χ2v) is 10.6. The lowest BCUT2D eigenvalue weighted by molar-refractivity contribution is 0.0760. The summed E-state index contributed by atoms with van der Waals surface area (Å²) in [5.41, 5.74) is 0.910. The van der Waals surface area contributed by atoms with Crippen molar-refractivity contribution >= 4 is 21.6 Å². The second-order valence-electron chi connectivity index (χ2n) is 8.95. The summed E-state index contributed by atoms with van der Waals surface area (Å²) in [6.45, 7) is 4.55. The lowest BCUT2D eigenvalue weighted by Gasteiger charge is -2.28. The van der Waals surface area contributed by atoms with Gasteiger partial charge < -0.3 is 9.80 Å². The summed E-state index contributed by atoms with van der Waals surface area (Å²) in [5.74, 6) is 0.769. The van der Waals surface area contributed by atoms with Crippen molar-refractivity contribution in [1.82, 2.24) is 9.80 Å². The maximum atomic E-state index is 13.2. The van der Waals surface area contributed by atoms with Crippen molar-refractivity contribution in [1.29, 1.82) is 0 Å². The predicted molar refractivity (Wildman–Crippen MR) is 127 cm³/mol. The molecule has 0 spiro atoms. The van der Waals surface area contributed by atoms with Crippen LogP contribution in [0.4, 0.5) is 5.69 Å². The monoisotopic (exact) mass is 455 g/mol. The summed E-state index contributed by atoms with van der Waals surface area (Å²) in [5, 5.41) is 0. The number of nitrogens with one attached hydrogen (secondary N) is 1. The Bertz CT molecular complexity index is 1000. The van der Waals surface area contributed by atoms with Crippen LogP contribution in [0.15, 0.2) is 59.5 Å². The normalized spacial score (nSPS) is 18.8. The molecule has 0 bridgehead atoms. The fourth-order valence-corrected chi connectivity index (χ4v) is 5.87. The lowest BCUT2D eigenvalue weighted by Crippen LogP contribution is -2.37. The average molecular weight is 456 g/mol. The van der Waals surface area contributed by atoms with Crippen molar-refractivity contribution in [3.8, 4) is 0 Å². The van der Waals surface area contributed by atoms with E-state index < -0.39 is 10.0 Å². The number of carbonyl (C=O) groups is 1. The second kappa shape index (κ2) is 10.5. The maximum absolute atomic E-state index is 13.2. The zero-order valence-electron chi connectivity index (χ0n) is 18.6. The van der Waals surface area contributed by atoms with Crippen LogP contribution in [0.3, 0.4) is 0 Å². The van der Waals surface area contributed by atoms with Crippen LogP contribution in [0.2, 0.25) is 0 Å². The number of nitrogens with zero attached hydrogens (tertiary/aromatic N) is 2. The highest BCUT2D eigenvalue weighted by Gasteiger charge is 2.23. The zero-order chi connectivity index (χ0) is 22.4. The first-order chi connectivity index (χ1) is 15.5. The van der Waals surface area contributed by atoms with Crippen LogP contribution < -0.4 is 4.72 Å². The van der Waals surface area contributed by atoms with E-state index in [0.29, 0.717) is 17.8 Å². The Labute approximate surface area is 191 Å². The van der Waals surface area contributed by atoms with E-state index in [4.69, 9.17) is 0 Å². The molecule has 7 heteroatoms. The Morgan fingerprint density at radius 1 is 0.875 bits per heavy atom. The van der Waals surface area contributed by atoms with Crippen molar-refractivity contribution in [3.05, 3.63) is 60.2 Å². The Kier molecular flexibility index (Phi) is 7.48. The topological polar surface area (TPSA) is 69.7 Å². The number of sulfonamides is 1. The summed E-state index contributed by atoms with van der Waals surface area (Å²) >= 11 is 0. The van der Waals surface area contributed by atoms with E-state index in [1.54, 1.807) is 54.6 Å². The molecule has 1 saturated heterocycles. The first-order valence-electron chi connectivity index (χ1n) is 11.7. The summed E-state index contributed by atoms with van der Waals surface area (Å²) in [6.07, 6.45) is 7.73. The van der Waals surface area contributed by atoms with Crippen molar-refractivity contribution in [2.75, 3.05) is 37.4 Å². The molecule has 1 saturated carbocycles. The third-order valence-corrected chi connectivity index (χ3v) is 7.93. The number of anilines is 1. The molecule has 32 heavy (non-hydrogen) atoms. The van der Waals surface area contributed by atoms with E-state index in [1.165, 1.54) is 32.1 Å². The number of rotatable bonds is 6. The Morgan fingerprint density at radius 3 is 2.44 bits per heavy atom. The minimum absolute atomic E-state index is 0.0368. The van der Waals surface area contributed by atoms with Gasteiger partial charge in [-0.2, -0.15) is 0 Å². The molecule has 0 unspecified atom stereocenters. The van der Waals surface area contributed by atoms with Crippen molar-refractivity contribution in [2.45, 2.75) is 43.4 Å². The third-order valence-electron chi connectivity index (χ3n) is 6.53. The quantitative estimate of drug-likeness (QED) is 0.708. The van der Waals surface area contributed by atoms with Crippen LogP contribution in [-0.2, 0) is 10.0 Å². The van der Waals surface area contributed by atoms with Gasteiger partial charge in [-0.25, -0.2) is 8.42 Å². The number of hydrogen-bond acceptors (Lipinski definition) is 4. The molecule has 2 aliphatic rings. The summed E-state index contributed by atoms with van der Waals surface area (Å²) < 4.78 is 27.8. The minimum atomic E-state index is -3.69. The Balaban J connectivity index is 1.38. The van der Waals surface area contributed by atoms with Crippen LogP contribution in [-0.4, -0.2) is 56.8 Å². The first-order valence-corrected chi connectivity index (χ1v) is 13.2. The van der Waals surface area contributed by atoms with Crippen LogP contribution in [0.5, 0.6) is 0 Å². The Morgan fingerprint density at radius 2 is 1.66 bits per heavy atom. The van der Waals surface area contributed by atoms with Crippen molar-refractivity contribution < 1.29 is 13.2 Å². The van der Waals surface area contributed by atoms with Gasteiger partial charge in [-0.1, -0.05) is 43.5 Å². The molecular weight excluding hydrogens is 422 g/mol. The standard InChI is InChI=1S/C25H33N3O3S/c29-25(28-16-8-15-27(17-18-28)20-21-9-3-1-4-10-21)22-11-7-12-23(19-22)26-32(30,31)24-13-5-2-6-14-24/h2,5-7,11-14,19,21,26H,1,3-4,8-10,15-18,20H2. The predicted octanol–water partition coefficient (Wildman–Crippen LogP) is 4.22. The Hall–Kier alpha value is -2.38. The molecule has 1 amide bonds. The van der Waals surface area contributed by atoms with Gasteiger partial charge >= 0.3 is 0 Å². The summed E-state index contributed by atoms with van der Waals surface area (Å²) in [4.78, 5) is 17.8. The van der Waals surface area contributed by atoms with Gasteiger partial charge in [0.25, 0.3) is 15.9 Å². The number of benzene rings is 2. The van der Waals surface area contributed by atoms with Gasteiger partial charge in [0.15, 0.2) is 0 Å². The molecule has 172 valence electrons. The van der Waals surface area contributed by atoms with E-state index in [9.17, 15) is 13.2 Å². The van der Waals surface area contributed by atoms with Gasteiger partial charge in [0.1, 0.15) is 0 Å². The van der Waals surface area contributed by atoms with Gasteiger partial charge in [-0.3, -0.25) is 9.52 Å². The number of hydrogen-bond donors (Lipinski definition) is 1. The van der Waals surface area contributed by atoms with Gasteiger partial charge in [-0.15, -0.1) is 0 Å². The molecule has 1 aliphatic carbocycles. The molecule has 0 radical (unpaired) electrons. The summed E-state index contributed by atoms with van der Waals surface area (Å²) in [7, 11) is -3.69. The van der Waals surface area contributed by atoms with E-state index in [0.717, 1.165) is 38.5 Å². The molecule has 0 atom stereocenters. The molecule has 1 N–H and O–H groups in total. The molecule has 4 rings (SSSR count). The largest absolute Gasteiger partial charge is 0.337 e. The van der Waals surface area contributed by atoms with E-state index >= 15 is 0 Å². The molecule has 6 nitrogen and oxygen atoms in total. The van der Waals surface area contributed by atoms with Gasteiger partial charge in [-0.05, 0) is 62.1 Å². The number of carbonyl (C=O) groups excluding carboxylic acids is 1. The molecule has 2 aromatic rings. The molecular formula is C25H33N3O3S. The third kappa shape index (κ3) is 5.90. The SMILES string of the molecule is O=C(c1cccc(NS(=O)(=O)c2ccccc2)c1)N1CCCN(CC2CCCCC2)CC1. The maximum Gasteiger partial charge on any atom is 0.261 e. The highest BCUT2D eigenvalue weighted by Crippen LogP contribution is 2.25. The molecule has 2 aromatic carbocycles. The van der Waals surface area contributed by atoms with Crippen LogP contribution >= 0.6 is 0 Å². The zero-order valence-corrected chi connectivity index (χ0v) is 19.4. The van der Waals surface area contributed by atoms with Crippen LogP contribution in [0.25, 0.3) is 0 Å². The molecule has 1 aliphatic heterocycles. The highest BCUT2D eigenvalue weighted by atomic mass is 32.2. The van der Waals surface area contributed by atoms with Crippen molar-refractivity contribution in [2.24, 2.45) is 5.92 Å². The summed E-state index contributed by atoms with van der Waals surface area (Å²) in [6, 6.07) is 15.0. The van der Waals surface area contributed by atoms with Crippen molar-refractivity contribution in [3.63, 3.8) is 0 Å². The van der Waals surface area contributed by atoms with E-state index in [-0.39, 0.29) is 10.8 Å². The molecule has 2 fully saturated rings. The van der Waals surface area contributed by atoms with E-state index in [2.05, 4.69) is 9.62 Å². The lowest BCUT2D eigenvalue weighted by atomic mass is 9.89.